The highest BCUT2D eigenvalue weighted by atomic mass is 19.1. The SMILES string of the molecule is CC(C)c1nccn1Cc1ncc(-c2ccccc2F)o1. The van der Waals surface area contributed by atoms with E-state index in [2.05, 4.69) is 23.8 Å². The fourth-order valence-electron chi connectivity index (χ4n) is 2.27. The highest BCUT2D eigenvalue weighted by Crippen LogP contribution is 2.24. The van der Waals surface area contributed by atoms with Crippen LogP contribution in [0.15, 0.2) is 47.3 Å². The van der Waals surface area contributed by atoms with E-state index in [0.29, 0.717) is 29.7 Å². The van der Waals surface area contributed by atoms with Crippen molar-refractivity contribution in [3.05, 3.63) is 60.4 Å². The molecule has 2 aromatic heterocycles. The van der Waals surface area contributed by atoms with Crippen molar-refractivity contribution >= 4 is 0 Å². The molecule has 0 amide bonds. The third-order valence-electron chi connectivity index (χ3n) is 3.26. The maximum Gasteiger partial charge on any atom is 0.214 e. The molecule has 0 bridgehead atoms. The second-order valence-corrected chi connectivity index (χ2v) is 5.17. The van der Waals surface area contributed by atoms with Crippen LogP contribution in [0, 0.1) is 5.82 Å². The van der Waals surface area contributed by atoms with E-state index in [1.807, 2.05) is 10.8 Å². The minimum Gasteiger partial charge on any atom is -0.439 e. The lowest BCUT2D eigenvalue weighted by Crippen LogP contribution is -2.05. The Hall–Kier alpha value is -2.43. The quantitative estimate of drug-likeness (QED) is 0.731. The van der Waals surface area contributed by atoms with Crippen molar-refractivity contribution in [1.82, 2.24) is 14.5 Å². The second-order valence-electron chi connectivity index (χ2n) is 5.17. The number of oxazole rings is 1. The molecule has 0 saturated carbocycles. The molecular formula is C16H16FN3O. The molecule has 0 spiro atoms. The van der Waals surface area contributed by atoms with Gasteiger partial charge in [-0.3, -0.25) is 0 Å². The van der Waals surface area contributed by atoms with E-state index in [4.69, 9.17) is 4.42 Å². The van der Waals surface area contributed by atoms with Gasteiger partial charge in [0.15, 0.2) is 5.76 Å². The van der Waals surface area contributed by atoms with Crippen LogP contribution in [0.25, 0.3) is 11.3 Å². The van der Waals surface area contributed by atoms with Crippen molar-refractivity contribution in [2.45, 2.75) is 26.3 Å². The molecule has 0 aliphatic rings. The Kier molecular flexibility index (Phi) is 3.56. The lowest BCUT2D eigenvalue weighted by atomic mass is 10.2. The number of aromatic nitrogens is 3. The van der Waals surface area contributed by atoms with Gasteiger partial charge in [0.05, 0.1) is 11.8 Å². The Morgan fingerprint density at radius 3 is 2.81 bits per heavy atom. The summed E-state index contributed by atoms with van der Waals surface area (Å²) in [6.07, 6.45) is 5.21. The van der Waals surface area contributed by atoms with E-state index in [1.165, 1.54) is 6.07 Å². The highest BCUT2D eigenvalue weighted by Gasteiger charge is 2.13. The zero-order valence-corrected chi connectivity index (χ0v) is 12.0. The van der Waals surface area contributed by atoms with Gasteiger partial charge >= 0.3 is 0 Å². The molecular weight excluding hydrogens is 269 g/mol. The lowest BCUT2D eigenvalue weighted by Gasteiger charge is -2.07. The molecule has 0 aliphatic heterocycles. The Balaban J connectivity index is 1.86. The van der Waals surface area contributed by atoms with E-state index in [0.717, 1.165) is 5.82 Å². The zero-order valence-electron chi connectivity index (χ0n) is 12.0. The Labute approximate surface area is 122 Å². The van der Waals surface area contributed by atoms with Gasteiger partial charge in [-0.05, 0) is 12.1 Å². The zero-order chi connectivity index (χ0) is 14.8. The van der Waals surface area contributed by atoms with Crippen molar-refractivity contribution in [3.8, 4) is 11.3 Å². The van der Waals surface area contributed by atoms with E-state index < -0.39 is 0 Å². The molecule has 1 aromatic carbocycles. The largest absolute Gasteiger partial charge is 0.439 e. The molecule has 0 atom stereocenters. The van der Waals surface area contributed by atoms with Crippen LogP contribution in [0.1, 0.15) is 31.5 Å². The normalized spacial score (nSPS) is 11.2. The van der Waals surface area contributed by atoms with Gasteiger partial charge in [0.25, 0.3) is 0 Å². The first-order chi connectivity index (χ1) is 10.1. The number of halogens is 1. The first kappa shape index (κ1) is 13.5. The average Bonchev–Trinajstić information content (AvgIpc) is 3.09. The second kappa shape index (κ2) is 5.52. The number of hydrogen-bond donors (Lipinski definition) is 0. The van der Waals surface area contributed by atoms with Crippen LogP contribution < -0.4 is 0 Å². The van der Waals surface area contributed by atoms with Gasteiger partial charge in [0.2, 0.25) is 5.89 Å². The van der Waals surface area contributed by atoms with Gasteiger partial charge in [-0.25, -0.2) is 14.4 Å². The molecule has 4 nitrogen and oxygen atoms in total. The summed E-state index contributed by atoms with van der Waals surface area (Å²) in [6.45, 7) is 4.65. The van der Waals surface area contributed by atoms with E-state index >= 15 is 0 Å². The van der Waals surface area contributed by atoms with E-state index in [1.54, 1.807) is 30.6 Å². The van der Waals surface area contributed by atoms with Crippen molar-refractivity contribution in [3.63, 3.8) is 0 Å². The maximum atomic E-state index is 13.7. The number of nitrogens with zero attached hydrogens (tertiary/aromatic N) is 3. The topological polar surface area (TPSA) is 43.9 Å². The smallest absolute Gasteiger partial charge is 0.214 e. The van der Waals surface area contributed by atoms with Gasteiger partial charge in [-0.1, -0.05) is 26.0 Å². The Morgan fingerprint density at radius 1 is 1.24 bits per heavy atom. The summed E-state index contributed by atoms with van der Waals surface area (Å²) in [6, 6.07) is 6.50. The molecule has 5 heteroatoms. The van der Waals surface area contributed by atoms with Crippen molar-refractivity contribution < 1.29 is 8.81 Å². The molecule has 0 aliphatic carbocycles. The van der Waals surface area contributed by atoms with Gasteiger partial charge in [-0.15, -0.1) is 0 Å². The molecule has 0 N–H and O–H groups in total. The average molecular weight is 285 g/mol. The standard InChI is InChI=1S/C16H16FN3O/c1-11(2)16-18-7-8-20(16)10-15-19-9-14(21-15)12-5-3-4-6-13(12)17/h3-9,11H,10H2,1-2H3. The summed E-state index contributed by atoms with van der Waals surface area (Å²) in [5.74, 6) is 1.95. The summed E-state index contributed by atoms with van der Waals surface area (Å²) in [5, 5.41) is 0. The molecule has 108 valence electrons. The minimum atomic E-state index is -0.314. The first-order valence-electron chi connectivity index (χ1n) is 6.86. The lowest BCUT2D eigenvalue weighted by molar-refractivity contribution is 0.478. The molecule has 3 aromatic rings. The van der Waals surface area contributed by atoms with Crippen LogP contribution in [-0.2, 0) is 6.54 Å². The van der Waals surface area contributed by atoms with Crippen LogP contribution >= 0.6 is 0 Å². The first-order valence-corrected chi connectivity index (χ1v) is 6.86. The number of rotatable bonds is 4. The van der Waals surface area contributed by atoms with Gasteiger partial charge in [-0.2, -0.15) is 0 Å². The van der Waals surface area contributed by atoms with Crippen molar-refractivity contribution in [2.24, 2.45) is 0 Å². The molecule has 0 saturated heterocycles. The molecule has 0 unspecified atom stereocenters. The summed E-state index contributed by atoms with van der Waals surface area (Å²) >= 11 is 0. The predicted molar refractivity (Wildman–Crippen MR) is 77.3 cm³/mol. The van der Waals surface area contributed by atoms with Gasteiger partial charge in [0, 0.05) is 18.3 Å². The molecule has 0 fully saturated rings. The third kappa shape index (κ3) is 2.72. The fourth-order valence-corrected chi connectivity index (χ4v) is 2.27. The van der Waals surface area contributed by atoms with E-state index in [-0.39, 0.29) is 5.82 Å². The van der Waals surface area contributed by atoms with Crippen molar-refractivity contribution in [1.29, 1.82) is 0 Å². The number of benzene rings is 1. The number of imidazole rings is 1. The van der Waals surface area contributed by atoms with Crippen molar-refractivity contribution in [2.75, 3.05) is 0 Å². The summed E-state index contributed by atoms with van der Waals surface area (Å²) < 4.78 is 21.4. The van der Waals surface area contributed by atoms with Crippen LogP contribution in [0.4, 0.5) is 4.39 Å². The van der Waals surface area contributed by atoms with Gasteiger partial charge < -0.3 is 8.98 Å². The molecule has 3 rings (SSSR count). The predicted octanol–water partition coefficient (Wildman–Crippen LogP) is 3.85. The summed E-state index contributed by atoms with van der Waals surface area (Å²) in [5.41, 5.74) is 0.422. The van der Waals surface area contributed by atoms with E-state index in [9.17, 15) is 4.39 Å². The van der Waals surface area contributed by atoms with Crippen LogP contribution in [-0.4, -0.2) is 14.5 Å². The Bertz CT molecular complexity index is 745. The molecule has 21 heavy (non-hydrogen) atoms. The molecule has 2 heterocycles. The minimum absolute atomic E-state index is 0.314. The third-order valence-corrected chi connectivity index (χ3v) is 3.26. The van der Waals surface area contributed by atoms with Crippen LogP contribution in [0.5, 0.6) is 0 Å². The fraction of sp³-hybridized carbons (Fsp3) is 0.250. The monoisotopic (exact) mass is 285 g/mol. The maximum absolute atomic E-state index is 13.7. The summed E-state index contributed by atoms with van der Waals surface area (Å²) in [4.78, 5) is 8.55. The number of hydrogen-bond acceptors (Lipinski definition) is 3. The van der Waals surface area contributed by atoms with Gasteiger partial charge in [0.1, 0.15) is 18.2 Å². The summed E-state index contributed by atoms with van der Waals surface area (Å²) in [7, 11) is 0. The highest BCUT2D eigenvalue weighted by molar-refractivity contribution is 5.56. The van der Waals surface area contributed by atoms with Crippen LogP contribution in [0.3, 0.4) is 0 Å². The Morgan fingerprint density at radius 2 is 2.05 bits per heavy atom. The van der Waals surface area contributed by atoms with Crippen LogP contribution in [0.2, 0.25) is 0 Å². The molecule has 0 radical (unpaired) electrons.